The number of oxazole rings is 1. The number of carbonyl (C=O) groups is 1. The van der Waals surface area contributed by atoms with Crippen LogP contribution in [0.4, 0.5) is 0 Å². The second kappa shape index (κ2) is 9.78. The van der Waals surface area contributed by atoms with Gasteiger partial charge in [-0.05, 0) is 42.8 Å². The van der Waals surface area contributed by atoms with Gasteiger partial charge in [0.1, 0.15) is 30.4 Å². The lowest BCUT2D eigenvalue weighted by Crippen LogP contribution is -2.03. The number of hydrogen-bond acceptors (Lipinski definition) is 6. The fourth-order valence-corrected chi connectivity index (χ4v) is 3.10. The van der Waals surface area contributed by atoms with Crippen LogP contribution >= 0.6 is 0 Å². The highest BCUT2D eigenvalue weighted by molar-refractivity contribution is 5.70. The maximum atomic E-state index is 10.9. The maximum Gasteiger partial charge on any atom is 0.307 e. The summed E-state index contributed by atoms with van der Waals surface area (Å²) < 4.78 is 17.4. The van der Waals surface area contributed by atoms with Gasteiger partial charge in [0.05, 0.1) is 12.1 Å². The molecule has 0 radical (unpaired) electrons. The average molecular weight is 430 g/mol. The predicted molar refractivity (Wildman–Crippen MR) is 117 cm³/mol. The molecule has 0 fully saturated rings. The van der Waals surface area contributed by atoms with Crippen LogP contribution in [0.5, 0.6) is 11.6 Å². The summed E-state index contributed by atoms with van der Waals surface area (Å²) in [6.07, 6.45) is -0.0494. The van der Waals surface area contributed by atoms with E-state index in [9.17, 15) is 4.79 Å². The average Bonchev–Trinajstić information content (AvgIpc) is 3.17. The summed E-state index contributed by atoms with van der Waals surface area (Å²) in [7, 11) is 0. The van der Waals surface area contributed by atoms with E-state index >= 15 is 0 Å². The third-order valence-corrected chi connectivity index (χ3v) is 4.69. The second-order valence-electron chi connectivity index (χ2n) is 7.15. The van der Waals surface area contributed by atoms with Gasteiger partial charge in [0.25, 0.3) is 0 Å². The smallest absolute Gasteiger partial charge is 0.307 e. The molecule has 162 valence electrons. The van der Waals surface area contributed by atoms with Gasteiger partial charge in [-0.1, -0.05) is 36.4 Å². The molecule has 0 aliphatic rings. The summed E-state index contributed by atoms with van der Waals surface area (Å²) >= 11 is 0. The number of aromatic nitrogens is 2. The Balaban J connectivity index is 1.37. The first-order valence-electron chi connectivity index (χ1n) is 10.1. The monoisotopic (exact) mass is 430 g/mol. The standard InChI is InChI=1S/C25H22N2O5/c1-17-22(27-25(32-17)19-8-3-2-4-9-19)16-31-23-12-6-10-20(26-23)15-30-21-11-5-7-18(13-21)14-24(28)29/h2-13H,14-16H2,1H3,(H,28,29). The molecule has 4 aromatic rings. The molecule has 0 saturated heterocycles. The Labute approximate surface area is 185 Å². The Morgan fingerprint density at radius 2 is 1.75 bits per heavy atom. The Bertz CT molecular complexity index is 1200. The molecule has 1 N–H and O–H groups in total. The van der Waals surface area contributed by atoms with Crippen LogP contribution in [0, 0.1) is 6.92 Å². The van der Waals surface area contributed by atoms with E-state index < -0.39 is 5.97 Å². The van der Waals surface area contributed by atoms with Crippen molar-refractivity contribution in [3.05, 3.63) is 95.5 Å². The van der Waals surface area contributed by atoms with Crippen molar-refractivity contribution in [2.24, 2.45) is 0 Å². The maximum absolute atomic E-state index is 10.9. The van der Waals surface area contributed by atoms with E-state index in [1.807, 2.05) is 49.4 Å². The number of rotatable bonds is 9. The van der Waals surface area contributed by atoms with Crippen LogP contribution in [-0.2, 0) is 24.4 Å². The molecule has 0 aliphatic heterocycles. The molecule has 4 rings (SSSR count). The van der Waals surface area contributed by atoms with E-state index in [1.165, 1.54) is 0 Å². The van der Waals surface area contributed by atoms with Crippen LogP contribution in [0.15, 0.2) is 77.2 Å². The van der Waals surface area contributed by atoms with E-state index in [-0.39, 0.29) is 19.6 Å². The Morgan fingerprint density at radius 1 is 0.938 bits per heavy atom. The molecule has 2 aromatic heterocycles. The van der Waals surface area contributed by atoms with Gasteiger partial charge in [-0.15, -0.1) is 0 Å². The number of aliphatic carboxylic acids is 1. The van der Waals surface area contributed by atoms with Gasteiger partial charge in [-0.2, -0.15) is 0 Å². The SMILES string of the molecule is Cc1oc(-c2ccccc2)nc1COc1cccc(COc2cccc(CC(=O)O)c2)n1. The number of aryl methyl sites for hydroxylation is 1. The minimum absolute atomic E-state index is 0.0494. The van der Waals surface area contributed by atoms with Crippen molar-refractivity contribution in [3.8, 4) is 23.1 Å². The van der Waals surface area contributed by atoms with Gasteiger partial charge in [0.2, 0.25) is 11.8 Å². The molecule has 0 spiro atoms. The molecule has 0 unspecified atom stereocenters. The zero-order valence-corrected chi connectivity index (χ0v) is 17.5. The number of carboxylic acids is 1. The Hall–Kier alpha value is -4.13. The van der Waals surface area contributed by atoms with Gasteiger partial charge >= 0.3 is 5.97 Å². The van der Waals surface area contributed by atoms with Gasteiger partial charge in [-0.3, -0.25) is 4.79 Å². The molecule has 2 heterocycles. The lowest BCUT2D eigenvalue weighted by Gasteiger charge is -2.09. The summed E-state index contributed by atoms with van der Waals surface area (Å²) in [4.78, 5) is 19.9. The second-order valence-corrected chi connectivity index (χ2v) is 7.15. The first-order chi connectivity index (χ1) is 15.6. The van der Waals surface area contributed by atoms with Crippen LogP contribution in [-0.4, -0.2) is 21.0 Å². The number of nitrogens with zero attached hydrogens (tertiary/aromatic N) is 2. The van der Waals surface area contributed by atoms with Crippen LogP contribution < -0.4 is 9.47 Å². The molecular weight excluding hydrogens is 408 g/mol. The number of benzene rings is 2. The van der Waals surface area contributed by atoms with E-state index in [1.54, 1.807) is 30.3 Å². The minimum Gasteiger partial charge on any atom is -0.487 e. The zero-order valence-electron chi connectivity index (χ0n) is 17.5. The normalized spacial score (nSPS) is 10.7. The highest BCUT2D eigenvalue weighted by atomic mass is 16.5. The third-order valence-electron chi connectivity index (χ3n) is 4.69. The fourth-order valence-electron chi connectivity index (χ4n) is 3.10. The summed E-state index contributed by atoms with van der Waals surface area (Å²) in [5.74, 6) is 1.41. The van der Waals surface area contributed by atoms with Crippen LogP contribution in [0.3, 0.4) is 0 Å². The molecule has 32 heavy (non-hydrogen) atoms. The van der Waals surface area contributed by atoms with E-state index in [4.69, 9.17) is 19.0 Å². The van der Waals surface area contributed by atoms with Gasteiger partial charge < -0.3 is 19.0 Å². The number of carboxylic acid groups (broad SMARTS) is 1. The molecule has 7 nitrogen and oxygen atoms in total. The predicted octanol–water partition coefficient (Wildman–Crippen LogP) is 4.83. The summed E-state index contributed by atoms with van der Waals surface area (Å²) in [5, 5.41) is 8.93. The Morgan fingerprint density at radius 3 is 2.56 bits per heavy atom. The number of ether oxygens (including phenoxy) is 2. The van der Waals surface area contributed by atoms with Crippen molar-refractivity contribution in [2.75, 3.05) is 0 Å². The number of pyridine rings is 1. The van der Waals surface area contributed by atoms with Crippen LogP contribution in [0.1, 0.15) is 22.7 Å². The van der Waals surface area contributed by atoms with E-state index in [0.29, 0.717) is 40.2 Å². The molecular formula is C25H22N2O5. The molecule has 0 aliphatic carbocycles. The van der Waals surface area contributed by atoms with Gasteiger partial charge in [-0.25, -0.2) is 9.97 Å². The molecule has 0 bridgehead atoms. The molecule has 7 heteroatoms. The van der Waals surface area contributed by atoms with Gasteiger partial charge in [0.15, 0.2) is 0 Å². The van der Waals surface area contributed by atoms with Crippen molar-refractivity contribution < 1.29 is 23.8 Å². The van der Waals surface area contributed by atoms with Crippen molar-refractivity contribution in [2.45, 2.75) is 26.6 Å². The highest BCUT2D eigenvalue weighted by Gasteiger charge is 2.12. The highest BCUT2D eigenvalue weighted by Crippen LogP contribution is 2.22. The molecule has 0 atom stereocenters. The topological polar surface area (TPSA) is 94.7 Å². The molecule has 0 amide bonds. The van der Waals surface area contributed by atoms with Crippen molar-refractivity contribution in [1.82, 2.24) is 9.97 Å². The van der Waals surface area contributed by atoms with E-state index in [2.05, 4.69) is 9.97 Å². The zero-order chi connectivity index (χ0) is 22.3. The molecule has 0 saturated carbocycles. The Kier molecular flexibility index (Phi) is 6.46. The summed E-state index contributed by atoms with van der Waals surface area (Å²) in [6, 6.07) is 22.2. The largest absolute Gasteiger partial charge is 0.487 e. The first kappa shape index (κ1) is 21.1. The quantitative estimate of drug-likeness (QED) is 0.406. The van der Waals surface area contributed by atoms with Crippen LogP contribution in [0.2, 0.25) is 0 Å². The summed E-state index contributed by atoms with van der Waals surface area (Å²) in [5.41, 5.74) is 2.99. The minimum atomic E-state index is -0.882. The van der Waals surface area contributed by atoms with E-state index in [0.717, 1.165) is 5.56 Å². The lowest BCUT2D eigenvalue weighted by molar-refractivity contribution is -0.136. The number of hydrogen-bond donors (Lipinski definition) is 1. The summed E-state index contributed by atoms with van der Waals surface area (Å²) in [6.45, 7) is 2.32. The van der Waals surface area contributed by atoms with Crippen LogP contribution in [0.25, 0.3) is 11.5 Å². The molecule has 2 aromatic carbocycles. The van der Waals surface area contributed by atoms with Gasteiger partial charge in [0, 0.05) is 11.6 Å². The van der Waals surface area contributed by atoms with Crippen molar-refractivity contribution >= 4 is 5.97 Å². The van der Waals surface area contributed by atoms with Crippen molar-refractivity contribution in [1.29, 1.82) is 0 Å². The third kappa shape index (κ3) is 5.51. The first-order valence-corrected chi connectivity index (χ1v) is 10.1. The fraction of sp³-hybridized carbons (Fsp3) is 0.160. The lowest BCUT2D eigenvalue weighted by atomic mass is 10.1. The van der Waals surface area contributed by atoms with Crippen molar-refractivity contribution in [3.63, 3.8) is 0 Å².